The molecule has 0 aromatic heterocycles. The number of anilines is 1. The number of nitrogens with one attached hydrogen (secondary N) is 2. The summed E-state index contributed by atoms with van der Waals surface area (Å²) < 4.78 is 5.28. The summed E-state index contributed by atoms with van der Waals surface area (Å²) in [5.41, 5.74) is 3.46. The van der Waals surface area contributed by atoms with Crippen molar-refractivity contribution in [3.63, 3.8) is 0 Å². The van der Waals surface area contributed by atoms with E-state index in [1.807, 2.05) is 6.07 Å². The highest BCUT2D eigenvalue weighted by molar-refractivity contribution is 6.03. The topological polar surface area (TPSA) is 50.4 Å². The molecule has 0 radical (unpaired) electrons. The van der Waals surface area contributed by atoms with Gasteiger partial charge in [-0.2, -0.15) is 0 Å². The number of hydrogen-bond acceptors (Lipinski definition) is 3. The van der Waals surface area contributed by atoms with E-state index in [0.717, 1.165) is 16.8 Å². The predicted molar refractivity (Wildman–Crippen MR) is 77.7 cm³/mol. The van der Waals surface area contributed by atoms with Crippen LogP contribution in [0.15, 0.2) is 18.2 Å². The van der Waals surface area contributed by atoms with Gasteiger partial charge in [-0.15, -0.1) is 0 Å². The molecular weight excluding hydrogens is 240 g/mol. The summed E-state index contributed by atoms with van der Waals surface area (Å²) in [5, 5.41) is 6.08. The second-order valence-electron chi connectivity index (χ2n) is 5.35. The van der Waals surface area contributed by atoms with E-state index in [4.69, 9.17) is 4.74 Å². The summed E-state index contributed by atoms with van der Waals surface area (Å²) in [4.78, 5) is 12.0. The second kappa shape index (κ2) is 4.61. The molecule has 0 bridgehead atoms. The van der Waals surface area contributed by atoms with Crippen LogP contribution in [-0.4, -0.2) is 25.6 Å². The van der Waals surface area contributed by atoms with Gasteiger partial charge in [0.15, 0.2) is 0 Å². The third-order valence-corrected chi connectivity index (χ3v) is 3.27. The summed E-state index contributed by atoms with van der Waals surface area (Å²) in [7, 11) is 3.24. The Bertz CT molecular complexity index is 560. The largest absolute Gasteiger partial charge is 0.497 e. The normalized spacial score (nSPS) is 15.9. The molecule has 4 heteroatoms. The smallest absolute Gasteiger partial charge is 0.253 e. The minimum Gasteiger partial charge on any atom is -0.497 e. The molecule has 1 aromatic carbocycles. The molecule has 0 spiro atoms. The van der Waals surface area contributed by atoms with Gasteiger partial charge in [-0.05, 0) is 38.5 Å². The number of fused-ring (bicyclic) bond motifs is 1. The number of hydrogen-bond donors (Lipinski definition) is 2. The lowest BCUT2D eigenvalue weighted by molar-refractivity contribution is 0.0963. The van der Waals surface area contributed by atoms with E-state index in [1.54, 1.807) is 20.2 Å². The quantitative estimate of drug-likeness (QED) is 0.859. The molecule has 0 saturated carbocycles. The van der Waals surface area contributed by atoms with Crippen LogP contribution in [0.5, 0.6) is 5.75 Å². The average molecular weight is 260 g/mol. The fourth-order valence-electron chi connectivity index (χ4n) is 2.47. The van der Waals surface area contributed by atoms with Crippen molar-refractivity contribution in [2.75, 3.05) is 19.5 Å². The van der Waals surface area contributed by atoms with Gasteiger partial charge in [0, 0.05) is 12.6 Å². The van der Waals surface area contributed by atoms with E-state index in [2.05, 4.69) is 37.5 Å². The highest BCUT2D eigenvalue weighted by Crippen LogP contribution is 2.38. The molecule has 4 nitrogen and oxygen atoms in total. The fourth-order valence-corrected chi connectivity index (χ4v) is 2.47. The van der Waals surface area contributed by atoms with Crippen LogP contribution in [0.1, 0.15) is 36.7 Å². The Morgan fingerprint density at radius 3 is 2.63 bits per heavy atom. The third kappa shape index (κ3) is 2.43. The highest BCUT2D eigenvalue weighted by atomic mass is 16.5. The number of benzene rings is 1. The number of ether oxygens (including phenoxy) is 1. The number of rotatable bonds is 2. The van der Waals surface area contributed by atoms with Crippen LogP contribution < -0.4 is 15.4 Å². The van der Waals surface area contributed by atoms with Crippen LogP contribution in [0.4, 0.5) is 5.69 Å². The molecule has 1 aliphatic heterocycles. The minimum atomic E-state index is -0.172. The Balaban J connectivity index is 2.68. The first-order valence-corrected chi connectivity index (χ1v) is 6.30. The van der Waals surface area contributed by atoms with Crippen LogP contribution in [0.3, 0.4) is 0 Å². The number of carbonyl (C=O) groups excluding carboxylic acids is 1. The lowest BCUT2D eigenvalue weighted by Crippen LogP contribution is -2.33. The lowest BCUT2D eigenvalue weighted by Gasteiger charge is -2.33. The van der Waals surface area contributed by atoms with Gasteiger partial charge in [0.2, 0.25) is 0 Å². The van der Waals surface area contributed by atoms with Gasteiger partial charge >= 0.3 is 0 Å². The Morgan fingerprint density at radius 2 is 2.05 bits per heavy atom. The molecule has 0 aliphatic carbocycles. The molecule has 1 aliphatic rings. The van der Waals surface area contributed by atoms with Crippen LogP contribution in [0.25, 0.3) is 5.57 Å². The zero-order valence-corrected chi connectivity index (χ0v) is 12.0. The van der Waals surface area contributed by atoms with E-state index >= 15 is 0 Å². The number of allylic oxidation sites excluding steroid dienone is 1. The van der Waals surface area contributed by atoms with Crippen molar-refractivity contribution in [3.05, 3.63) is 29.3 Å². The van der Waals surface area contributed by atoms with Crippen molar-refractivity contribution in [3.8, 4) is 5.75 Å². The van der Waals surface area contributed by atoms with Gasteiger partial charge in [-0.25, -0.2) is 0 Å². The average Bonchev–Trinajstić information content (AvgIpc) is 2.35. The zero-order valence-electron chi connectivity index (χ0n) is 12.0. The first kappa shape index (κ1) is 13.5. The SMILES string of the molecule is CNC(=O)c1cc(OC)cc2c1NC(C)(C)C=C2C. The predicted octanol–water partition coefficient (Wildman–Crippen LogP) is 2.66. The van der Waals surface area contributed by atoms with Gasteiger partial charge in [0.25, 0.3) is 5.91 Å². The molecule has 0 saturated heterocycles. The van der Waals surface area contributed by atoms with Crippen LogP contribution in [0, 0.1) is 0 Å². The molecule has 1 amide bonds. The molecule has 19 heavy (non-hydrogen) atoms. The molecular formula is C15H20N2O2. The van der Waals surface area contributed by atoms with Gasteiger partial charge in [-0.1, -0.05) is 6.08 Å². The maximum atomic E-state index is 12.0. The van der Waals surface area contributed by atoms with Crippen molar-refractivity contribution >= 4 is 17.2 Å². The molecule has 102 valence electrons. The maximum absolute atomic E-state index is 12.0. The molecule has 0 atom stereocenters. The van der Waals surface area contributed by atoms with Crippen molar-refractivity contribution in [2.24, 2.45) is 0 Å². The highest BCUT2D eigenvalue weighted by Gasteiger charge is 2.27. The van der Waals surface area contributed by atoms with E-state index < -0.39 is 0 Å². The van der Waals surface area contributed by atoms with Crippen molar-refractivity contribution in [1.29, 1.82) is 0 Å². The van der Waals surface area contributed by atoms with Crippen LogP contribution in [0.2, 0.25) is 0 Å². The van der Waals surface area contributed by atoms with Crippen molar-refractivity contribution in [1.82, 2.24) is 5.32 Å². The molecule has 2 rings (SSSR count). The maximum Gasteiger partial charge on any atom is 0.253 e. The van der Waals surface area contributed by atoms with E-state index in [9.17, 15) is 4.79 Å². The Morgan fingerprint density at radius 1 is 1.37 bits per heavy atom. The third-order valence-electron chi connectivity index (χ3n) is 3.27. The Labute approximate surface area is 113 Å². The van der Waals surface area contributed by atoms with Gasteiger partial charge in [0.05, 0.1) is 23.9 Å². The van der Waals surface area contributed by atoms with Crippen LogP contribution in [-0.2, 0) is 0 Å². The molecule has 2 N–H and O–H groups in total. The minimum absolute atomic E-state index is 0.117. The number of methoxy groups -OCH3 is 1. The van der Waals surface area contributed by atoms with E-state index in [0.29, 0.717) is 11.3 Å². The Kier molecular flexibility index (Phi) is 3.27. The Hall–Kier alpha value is -1.97. The first-order valence-electron chi connectivity index (χ1n) is 6.30. The summed E-state index contributed by atoms with van der Waals surface area (Å²) in [6.07, 6.45) is 2.16. The summed E-state index contributed by atoms with van der Waals surface area (Å²) in [6, 6.07) is 3.72. The van der Waals surface area contributed by atoms with E-state index in [-0.39, 0.29) is 11.4 Å². The molecule has 0 fully saturated rings. The summed E-state index contributed by atoms with van der Waals surface area (Å²) in [5.74, 6) is 0.569. The van der Waals surface area contributed by atoms with Crippen molar-refractivity contribution < 1.29 is 9.53 Å². The monoisotopic (exact) mass is 260 g/mol. The van der Waals surface area contributed by atoms with Crippen molar-refractivity contribution in [2.45, 2.75) is 26.3 Å². The van der Waals surface area contributed by atoms with Gasteiger partial charge in [0.1, 0.15) is 5.75 Å². The number of amides is 1. The second-order valence-corrected chi connectivity index (χ2v) is 5.35. The van der Waals surface area contributed by atoms with Crippen LogP contribution >= 0.6 is 0 Å². The molecule has 0 unspecified atom stereocenters. The fraction of sp³-hybridized carbons (Fsp3) is 0.400. The van der Waals surface area contributed by atoms with E-state index in [1.165, 1.54) is 0 Å². The van der Waals surface area contributed by atoms with Gasteiger partial charge < -0.3 is 15.4 Å². The number of carbonyl (C=O) groups is 1. The lowest BCUT2D eigenvalue weighted by atomic mass is 9.89. The zero-order chi connectivity index (χ0) is 14.2. The first-order chi connectivity index (χ1) is 8.88. The summed E-state index contributed by atoms with van der Waals surface area (Å²) >= 11 is 0. The van der Waals surface area contributed by atoms with Gasteiger partial charge in [-0.3, -0.25) is 4.79 Å². The standard InChI is InChI=1S/C15H20N2O2/c1-9-8-15(2,3)17-13-11(9)6-10(19-5)7-12(13)14(18)16-4/h6-8,17H,1-5H3,(H,16,18). The summed E-state index contributed by atoms with van der Waals surface area (Å²) in [6.45, 7) is 6.21. The molecule has 1 aromatic rings. The molecule has 1 heterocycles.